The third-order valence-corrected chi connectivity index (χ3v) is 6.80. The fourth-order valence-corrected chi connectivity index (χ4v) is 4.99. The van der Waals surface area contributed by atoms with E-state index in [-0.39, 0.29) is 6.10 Å². The van der Waals surface area contributed by atoms with Crippen molar-refractivity contribution in [2.45, 2.75) is 90.3 Å². The van der Waals surface area contributed by atoms with Crippen LogP contribution in [0.15, 0.2) is 30.4 Å². The Bertz CT molecular complexity index is 611. The van der Waals surface area contributed by atoms with Crippen molar-refractivity contribution >= 4 is 0 Å². The first kappa shape index (κ1) is 21.5. The standard InChI is InChI=1S/C25H36F2O/c1-2-3-4-5-6-19-7-10-21(11-8-19)22-12-14-23(15-13-22)28-18-20-9-16-24(26)25(27)17-20/h5-6,9,16-17,19,21-23H,2-4,7-8,10-15,18H2,1H3/b6-5+. The van der Waals surface area contributed by atoms with Gasteiger partial charge in [0.05, 0.1) is 12.7 Å². The van der Waals surface area contributed by atoms with Gasteiger partial charge in [-0.3, -0.25) is 0 Å². The quantitative estimate of drug-likeness (QED) is 0.328. The molecule has 0 saturated heterocycles. The lowest BCUT2D eigenvalue weighted by molar-refractivity contribution is -0.00238. The summed E-state index contributed by atoms with van der Waals surface area (Å²) in [6.45, 7) is 2.63. The van der Waals surface area contributed by atoms with Crippen LogP contribution in [0.3, 0.4) is 0 Å². The Morgan fingerprint density at radius 2 is 1.61 bits per heavy atom. The zero-order chi connectivity index (χ0) is 19.8. The van der Waals surface area contributed by atoms with Gasteiger partial charge < -0.3 is 4.74 Å². The van der Waals surface area contributed by atoms with E-state index in [0.717, 1.165) is 30.6 Å². The highest BCUT2D eigenvalue weighted by atomic mass is 19.2. The molecule has 0 bridgehead atoms. The van der Waals surface area contributed by atoms with E-state index in [4.69, 9.17) is 4.74 Å². The van der Waals surface area contributed by atoms with Gasteiger partial charge in [0.15, 0.2) is 11.6 Å². The van der Waals surface area contributed by atoms with Gasteiger partial charge in [0.2, 0.25) is 0 Å². The maximum atomic E-state index is 13.3. The van der Waals surface area contributed by atoms with Crippen molar-refractivity contribution in [2.75, 3.05) is 0 Å². The summed E-state index contributed by atoms with van der Waals surface area (Å²) >= 11 is 0. The van der Waals surface area contributed by atoms with Crippen molar-refractivity contribution in [3.8, 4) is 0 Å². The van der Waals surface area contributed by atoms with Crippen LogP contribution < -0.4 is 0 Å². The molecule has 1 nitrogen and oxygen atoms in total. The summed E-state index contributed by atoms with van der Waals surface area (Å²) in [6, 6.07) is 4.04. The van der Waals surface area contributed by atoms with Crippen LogP contribution >= 0.6 is 0 Å². The molecule has 0 amide bonds. The number of allylic oxidation sites excluding steroid dienone is 2. The summed E-state index contributed by atoms with van der Waals surface area (Å²) in [6.07, 6.45) is 19.2. The summed E-state index contributed by atoms with van der Waals surface area (Å²) in [5.74, 6) is 0.973. The first-order valence-electron chi connectivity index (χ1n) is 11.4. The molecule has 3 rings (SSSR count). The van der Waals surface area contributed by atoms with E-state index in [1.54, 1.807) is 6.07 Å². The summed E-state index contributed by atoms with van der Waals surface area (Å²) in [5, 5.41) is 0. The normalized spacial score (nSPS) is 28.7. The van der Waals surface area contributed by atoms with Crippen LogP contribution in [0.2, 0.25) is 0 Å². The molecular formula is C25H36F2O. The number of unbranched alkanes of at least 4 members (excludes halogenated alkanes) is 2. The van der Waals surface area contributed by atoms with Crippen LogP contribution in [0.25, 0.3) is 0 Å². The van der Waals surface area contributed by atoms with E-state index < -0.39 is 11.6 Å². The van der Waals surface area contributed by atoms with Gasteiger partial charge in [-0.1, -0.05) is 38.0 Å². The molecule has 0 unspecified atom stereocenters. The Morgan fingerprint density at radius 1 is 0.929 bits per heavy atom. The topological polar surface area (TPSA) is 9.23 Å². The molecule has 2 fully saturated rings. The lowest BCUT2D eigenvalue weighted by Gasteiger charge is -2.37. The molecule has 28 heavy (non-hydrogen) atoms. The molecule has 0 heterocycles. The van der Waals surface area contributed by atoms with Crippen LogP contribution in [0.1, 0.15) is 83.1 Å². The second-order valence-electron chi connectivity index (χ2n) is 8.84. The van der Waals surface area contributed by atoms with E-state index in [0.29, 0.717) is 12.2 Å². The highest BCUT2D eigenvalue weighted by Crippen LogP contribution is 2.41. The molecule has 1 aromatic rings. The van der Waals surface area contributed by atoms with Crippen molar-refractivity contribution in [1.29, 1.82) is 0 Å². The molecule has 0 spiro atoms. The molecule has 0 aromatic heterocycles. The van der Waals surface area contributed by atoms with Gasteiger partial charge in [-0.05, 0) is 93.2 Å². The number of halogens is 2. The van der Waals surface area contributed by atoms with Gasteiger partial charge in [0.25, 0.3) is 0 Å². The monoisotopic (exact) mass is 390 g/mol. The molecule has 156 valence electrons. The van der Waals surface area contributed by atoms with E-state index in [1.165, 1.54) is 69.9 Å². The molecule has 0 atom stereocenters. The molecule has 2 aliphatic carbocycles. The highest BCUT2D eigenvalue weighted by molar-refractivity contribution is 5.16. The molecular weight excluding hydrogens is 354 g/mol. The van der Waals surface area contributed by atoms with Crippen molar-refractivity contribution in [2.24, 2.45) is 17.8 Å². The first-order valence-corrected chi connectivity index (χ1v) is 11.4. The van der Waals surface area contributed by atoms with Gasteiger partial charge in [-0.25, -0.2) is 8.78 Å². The Kier molecular flexibility index (Phi) is 8.51. The highest BCUT2D eigenvalue weighted by Gasteiger charge is 2.30. The molecule has 0 radical (unpaired) electrons. The summed E-state index contributed by atoms with van der Waals surface area (Å²) in [4.78, 5) is 0. The van der Waals surface area contributed by atoms with Crippen LogP contribution in [0.5, 0.6) is 0 Å². The van der Waals surface area contributed by atoms with Crippen molar-refractivity contribution < 1.29 is 13.5 Å². The van der Waals surface area contributed by atoms with Gasteiger partial charge >= 0.3 is 0 Å². The van der Waals surface area contributed by atoms with E-state index in [2.05, 4.69) is 19.1 Å². The van der Waals surface area contributed by atoms with E-state index >= 15 is 0 Å². The minimum atomic E-state index is -0.796. The van der Waals surface area contributed by atoms with Gasteiger partial charge in [0, 0.05) is 0 Å². The molecule has 1 aromatic carbocycles. The first-order chi connectivity index (χ1) is 13.7. The van der Waals surface area contributed by atoms with Crippen LogP contribution in [-0.2, 0) is 11.3 Å². The predicted molar refractivity (Wildman–Crippen MR) is 111 cm³/mol. The molecule has 0 N–H and O–H groups in total. The predicted octanol–water partition coefficient (Wildman–Crippen LogP) is 7.59. The lowest BCUT2D eigenvalue weighted by atomic mass is 9.70. The number of ether oxygens (including phenoxy) is 1. The Balaban J connectivity index is 1.34. The average molecular weight is 391 g/mol. The van der Waals surface area contributed by atoms with Crippen molar-refractivity contribution in [3.05, 3.63) is 47.5 Å². The maximum absolute atomic E-state index is 13.3. The zero-order valence-electron chi connectivity index (χ0n) is 17.3. The Hall–Kier alpha value is -1.22. The molecule has 3 heteroatoms. The number of rotatable bonds is 8. The lowest BCUT2D eigenvalue weighted by Crippen LogP contribution is -2.28. The Morgan fingerprint density at radius 3 is 2.25 bits per heavy atom. The Labute approximate surface area is 169 Å². The SMILES string of the molecule is CCCC/C=C/C1CCC(C2CCC(OCc3ccc(F)c(F)c3)CC2)CC1. The fraction of sp³-hybridized carbons (Fsp3) is 0.680. The molecule has 2 aliphatic rings. The second kappa shape index (κ2) is 11.1. The van der Waals surface area contributed by atoms with Crippen LogP contribution in [-0.4, -0.2) is 6.10 Å². The maximum Gasteiger partial charge on any atom is 0.159 e. The van der Waals surface area contributed by atoms with Crippen molar-refractivity contribution in [3.63, 3.8) is 0 Å². The fourth-order valence-electron chi connectivity index (χ4n) is 4.99. The van der Waals surface area contributed by atoms with Crippen molar-refractivity contribution in [1.82, 2.24) is 0 Å². The van der Waals surface area contributed by atoms with Gasteiger partial charge in [-0.15, -0.1) is 0 Å². The number of benzene rings is 1. The second-order valence-corrected chi connectivity index (χ2v) is 8.84. The summed E-state index contributed by atoms with van der Waals surface area (Å²) in [7, 11) is 0. The van der Waals surface area contributed by atoms with Crippen LogP contribution in [0.4, 0.5) is 8.78 Å². The largest absolute Gasteiger partial charge is 0.374 e. The number of hydrogen-bond donors (Lipinski definition) is 0. The average Bonchev–Trinajstić information content (AvgIpc) is 2.73. The smallest absolute Gasteiger partial charge is 0.159 e. The minimum Gasteiger partial charge on any atom is -0.374 e. The van der Waals surface area contributed by atoms with E-state index in [1.807, 2.05) is 0 Å². The van der Waals surface area contributed by atoms with Crippen LogP contribution in [0, 0.1) is 29.4 Å². The summed E-state index contributed by atoms with van der Waals surface area (Å²) in [5.41, 5.74) is 0.714. The zero-order valence-corrected chi connectivity index (χ0v) is 17.3. The third-order valence-electron chi connectivity index (χ3n) is 6.80. The third kappa shape index (κ3) is 6.40. The molecule has 2 saturated carbocycles. The summed E-state index contributed by atoms with van der Waals surface area (Å²) < 4.78 is 32.3. The van der Waals surface area contributed by atoms with E-state index in [9.17, 15) is 8.78 Å². The number of hydrogen-bond acceptors (Lipinski definition) is 1. The van der Waals surface area contributed by atoms with Gasteiger partial charge in [-0.2, -0.15) is 0 Å². The van der Waals surface area contributed by atoms with Gasteiger partial charge in [0.1, 0.15) is 0 Å². The minimum absolute atomic E-state index is 0.266. The molecule has 0 aliphatic heterocycles.